The van der Waals surface area contributed by atoms with E-state index in [1.807, 2.05) is 19.1 Å². The summed E-state index contributed by atoms with van der Waals surface area (Å²) in [6.45, 7) is 4.44. The third-order valence-electron chi connectivity index (χ3n) is 4.96. The number of ether oxygens (including phenoxy) is 1. The summed E-state index contributed by atoms with van der Waals surface area (Å²) in [6.07, 6.45) is -0.0807. The number of amides is 3. The minimum absolute atomic E-state index is 0.0807. The average molecular weight is 533 g/mol. The van der Waals surface area contributed by atoms with Crippen LogP contribution < -0.4 is 20.3 Å². The van der Waals surface area contributed by atoms with E-state index < -0.39 is 6.04 Å². The Kier molecular flexibility index (Phi) is 8.40. The Bertz CT molecular complexity index is 1030. The Labute approximate surface area is 206 Å². The Morgan fingerprint density at radius 3 is 2.39 bits per heavy atom. The summed E-state index contributed by atoms with van der Waals surface area (Å²) < 4.78 is 6.36. The van der Waals surface area contributed by atoms with Gasteiger partial charge in [0.1, 0.15) is 11.8 Å². The van der Waals surface area contributed by atoms with Gasteiger partial charge in [0.15, 0.2) is 5.11 Å². The second-order valence-corrected chi connectivity index (χ2v) is 8.62. The summed E-state index contributed by atoms with van der Waals surface area (Å²) in [5.74, 6) is -0.0967. The fourth-order valence-corrected chi connectivity index (χ4v) is 4.13. The highest BCUT2D eigenvalue weighted by atomic mass is 79.9. The van der Waals surface area contributed by atoms with E-state index >= 15 is 0 Å². The van der Waals surface area contributed by atoms with Crippen molar-refractivity contribution in [2.75, 3.05) is 29.9 Å². The molecule has 0 bridgehead atoms. The molecule has 0 radical (unpaired) electrons. The Morgan fingerprint density at radius 1 is 1.12 bits per heavy atom. The van der Waals surface area contributed by atoms with Gasteiger partial charge in [-0.25, -0.2) is 0 Å². The smallest absolute Gasteiger partial charge is 0.256 e. The van der Waals surface area contributed by atoms with Gasteiger partial charge in [-0.05, 0) is 67.7 Å². The molecule has 1 heterocycles. The van der Waals surface area contributed by atoms with E-state index in [0.717, 1.165) is 4.47 Å². The van der Waals surface area contributed by atoms with Gasteiger partial charge in [0, 0.05) is 30.2 Å². The predicted octanol–water partition coefficient (Wildman–Crippen LogP) is 3.31. The van der Waals surface area contributed by atoms with E-state index in [1.165, 1.54) is 11.8 Å². The van der Waals surface area contributed by atoms with Gasteiger partial charge in [-0.15, -0.1) is 0 Å². The summed E-state index contributed by atoms with van der Waals surface area (Å²) in [5.41, 5.74) is 1.22. The van der Waals surface area contributed by atoms with Gasteiger partial charge in [0.2, 0.25) is 11.8 Å². The molecule has 1 atom stereocenters. The van der Waals surface area contributed by atoms with Crippen LogP contribution in [0.5, 0.6) is 5.75 Å². The van der Waals surface area contributed by atoms with Crippen molar-refractivity contribution in [1.29, 1.82) is 0 Å². The second kappa shape index (κ2) is 11.2. The number of carbonyl (C=O) groups excluding carboxylic acids is 3. The largest absolute Gasteiger partial charge is 0.494 e. The van der Waals surface area contributed by atoms with E-state index in [0.29, 0.717) is 36.8 Å². The Hall–Kier alpha value is -2.98. The molecule has 1 aliphatic heterocycles. The van der Waals surface area contributed by atoms with Crippen LogP contribution in [0.3, 0.4) is 0 Å². The van der Waals surface area contributed by atoms with Crippen molar-refractivity contribution < 1.29 is 19.1 Å². The summed E-state index contributed by atoms with van der Waals surface area (Å²) in [4.78, 5) is 40.5. The first kappa shape index (κ1) is 24.7. The standard InChI is InChI=1S/C23H25BrN4O4S/c1-3-32-19-10-8-18(9-11-19)28-22(31)20(27(23(28)33)13-12-25-15(2)29)14-21(30)26-17-6-4-16(24)5-7-17/h4-11,20H,3,12-14H2,1-2H3,(H,25,29)(H,26,30)/t20-/m1/s1. The maximum Gasteiger partial charge on any atom is 0.256 e. The highest BCUT2D eigenvalue weighted by Gasteiger charge is 2.43. The number of hydrogen-bond donors (Lipinski definition) is 2. The van der Waals surface area contributed by atoms with Crippen molar-refractivity contribution >= 4 is 62.4 Å². The highest BCUT2D eigenvalue weighted by Crippen LogP contribution is 2.29. The molecule has 2 N–H and O–H groups in total. The lowest BCUT2D eigenvalue weighted by Crippen LogP contribution is -2.42. The maximum atomic E-state index is 13.4. The molecule has 3 amide bonds. The van der Waals surface area contributed by atoms with Crippen LogP contribution in [-0.4, -0.2) is 53.5 Å². The molecule has 0 unspecified atom stereocenters. The first-order valence-electron chi connectivity index (χ1n) is 10.5. The van der Waals surface area contributed by atoms with E-state index in [4.69, 9.17) is 17.0 Å². The Balaban J connectivity index is 1.79. The summed E-state index contributed by atoms with van der Waals surface area (Å²) in [5, 5.41) is 5.81. The molecule has 0 spiro atoms. The number of thiocarbonyl (C=S) groups is 1. The van der Waals surface area contributed by atoms with Gasteiger partial charge in [0.05, 0.1) is 18.7 Å². The summed E-state index contributed by atoms with van der Waals surface area (Å²) >= 11 is 8.97. The van der Waals surface area contributed by atoms with Crippen molar-refractivity contribution in [2.45, 2.75) is 26.3 Å². The monoisotopic (exact) mass is 532 g/mol. The molecule has 2 aromatic carbocycles. The lowest BCUT2D eigenvalue weighted by molar-refractivity contribution is -0.124. The normalized spacial score (nSPS) is 15.5. The number of hydrogen-bond acceptors (Lipinski definition) is 5. The molecule has 0 saturated carbocycles. The molecule has 1 fully saturated rings. The number of nitrogens with one attached hydrogen (secondary N) is 2. The zero-order chi connectivity index (χ0) is 24.0. The minimum atomic E-state index is -0.784. The SMILES string of the molecule is CCOc1ccc(N2C(=O)[C@@H](CC(=O)Nc3ccc(Br)cc3)N(CCNC(C)=O)C2=S)cc1. The quantitative estimate of drug-likeness (QED) is 0.481. The van der Waals surface area contributed by atoms with Gasteiger partial charge >= 0.3 is 0 Å². The van der Waals surface area contributed by atoms with Crippen LogP contribution in [0.15, 0.2) is 53.0 Å². The van der Waals surface area contributed by atoms with E-state index in [2.05, 4.69) is 26.6 Å². The first-order chi connectivity index (χ1) is 15.8. The lowest BCUT2D eigenvalue weighted by atomic mass is 10.1. The third kappa shape index (κ3) is 6.29. The molecule has 2 aromatic rings. The number of halogens is 1. The van der Waals surface area contributed by atoms with Gasteiger partial charge in [-0.3, -0.25) is 19.3 Å². The molecule has 174 valence electrons. The van der Waals surface area contributed by atoms with Crippen molar-refractivity contribution in [3.05, 3.63) is 53.0 Å². The minimum Gasteiger partial charge on any atom is -0.494 e. The molecular weight excluding hydrogens is 508 g/mol. The van der Waals surface area contributed by atoms with Crippen LogP contribution >= 0.6 is 28.1 Å². The highest BCUT2D eigenvalue weighted by molar-refractivity contribution is 9.10. The first-order valence-corrected chi connectivity index (χ1v) is 11.7. The molecule has 1 aliphatic rings. The van der Waals surface area contributed by atoms with Gasteiger partial charge in [0.25, 0.3) is 5.91 Å². The Morgan fingerprint density at radius 2 is 1.79 bits per heavy atom. The van der Waals surface area contributed by atoms with Crippen molar-refractivity contribution in [3.8, 4) is 5.75 Å². The van der Waals surface area contributed by atoms with Crippen molar-refractivity contribution in [1.82, 2.24) is 10.2 Å². The van der Waals surface area contributed by atoms with Crippen LogP contribution in [0.25, 0.3) is 0 Å². The number of carbonyl (C=O) groups is 3. The van der Waals surface area contributed by atoms with Crippen molar-refractivity contribution in [3.63, 3.8) is 0 Å². The van der Waals surface area contributed by atoms with Gasteiger partial charge < -0.3 is 20.3 Å². The summed E-state index contributed by atoms with van der Waals surface area (Å²) in [6, 6.07) is 13.4. The van der Waals surface area contributed by atoms with E-state index in [9.17, 15) is 14.4 Å². The zero-order valence-corrected chi connectivity index (χ0v) is 20.7. The third-order valence-corrected chi connectivity index (χ3v) is 5.90. The molecule has 10 heteroatoms. The van der Waals surface area contributed by atoms with Crippen LogP contribution in [-0.2, 0) is 14.4 Å². The fourth-order valence-electron chi connectivity index (χ4n) is 3.46. The topological polar surface area (TPSA) is 91.0 Å². The fraction of sp³-hybridized carbons (Fsp3) is 0.304. The molecule has 0 aromatic heterocycles. The molecule has 0 aliphatic carbocycles. The molecule has 3 rings (SSSR count). The number of nitrogens with zero attached hydrogens (tertiary/aromatic N) is 2. The van der Waals surface area contributed by atoms with Crippen LogP contribution in [0.4, 0.5) is 11.4 Å². The van der Waals surface area contributed by atoms with Gasteiger partial charge in [-0.1, -0.05) is 15.9 Å². The van der Waals surface area contributed by atoms with Crippen LogP contribution in [0.1, 0.15) is 20.3 Å². The van der Waals surface area contributed by atoms with E-state index in [1.54, 1.807) is 41.3 Å². The van der Waals surface area contributed by atoms with Crippen LogP contribution in [0, 0.1) is 0 Å². The van der Waals surface area contributed by atoms with Crippen LogP contribution in [0.2, 0.25) is 0 Å². The second-order valence-electron chi connectivity index (χ2n) is 7.33. The lowest BCUT2D eigenvalue weighted by Gasteiger charge is -2.24. The molecule has 33 heavy (non-hydrogen) atoms. The number of rotatable bonds is 9. The number of benzene rings is 2. The average Bonchev–Trinajstić information content (AvgIpc) is 3.00. The van der Waals surface area contributed by atoms with Crippen molar-refractivity contribution in [2.24, 2.45) is 0 Å². The van der Waals surface area contributed by atoms with Gasteiger partial charge in [-0.2, -0.15) is 0 Å². The van der Waals surface area contributed by atoms with E-state index in [-0.39, 0.29) is 29.3 Å². The predicted molar refractivity (Wildman–Crippen MR) is 134 cm³/mol. The maximum absolute atomic E-state index is 13.4. The number of anilines is 2. The molecule has 8 nitrogen and oxygen atoms in total. The molecular formula is C23H25BrN4O4S. The zero-order valence-electron chi connectivity index (χ0n) is 18.3. The molecule has 1 saturated heterocycles. The summed E-state index contributed by atoms with van der Waals surface area (Å²) in [7, 11) is 0.